The molecule has 17 heavy (non-hydrogen) atoms. The molecule has 0 bridgehead atoms. The monoisotopic (exact) mass is 236 g/mol. The Hall–Kier alpha value is -1.06. The minimum Gasteiger partial charge on any atom is -0.494 e. The first-order valence-electron chi connectivity index (χ1n) is 6.37. The summed E-state index contributed by atoms with van der Waals surface area (Å²) in [4.78, 5) is 0. The lowest BCUT2D eigenvalue weighted by atomic mass is 10.2. The molecular weight excluding hydrogens is 212 g/mol. The maximum absolute atomic E-state index is 5.66. The van der Waals surface area contributed by atoms with Gasteiger partial charge in [-0.2, -0.15) is 0 Å². The Morgan fingerprint density at radius 2 is 1.94 bits per heavy atom. The first-order chi connectivity index (χ1) is 8.33. The molecule has 1 aromatic carbocycles. The van der Waals surface area contributed by atoms with E-state index < -0.39 is 0 Å². The number of nitrogens with one attached hydrogen (secondary N) is 2. The summed E-state index contributed by atoms with van der Waals surface area (Å²) >= 11 is 0. The molecule has 0 saturated carbocycles. The number of ether oxygens (including phenoxy) is 1. The average molecular weight is 236 g/mol. The van der Waals surface area contributed by atoms with Gasteiger partial charge in [-0.25, -0.2) is 0 Å². The molecule has 1 rings (SSSR count). The molecule has 0 radical (unpaired) electrons. The van der Waals surface area contributed by atoms with Crippen LogP contribution in [0.4, 0.5) is 0 Å². The molecule has 0 spiro atoms. The Kier molecular flexibility index (Phi) is 7.43. The standard InChI is InChI=1S/C14H24N2O/c1-13-6-3-7-14(12-13)17-11-5-10-16-9-4-8-15-2/h3,6-7,12,15-16H,4-5,8-11H2,1-2H3. The van der Waals surface area contributed by atoms with Crippen molar-refractivity contribution in [2.45, 2.75) is 19.8 Å². The maximum atomic E-state index is 5.66. The van der Waals surface area contributed by atoms with E-state index in [4.69, 9.17) is 4.74 Å². The molecule has 0 heterocycles. The quantitative estimate of drug-likeness (QED) is 0.643. The molecule has 0 aliphatic rings. The van der Waals surface area contributed by atoms with Gasteiger partial charge in [0, 0.05) is 0 Å². The third-order valence-corrected chi connectivity index (χ3v) is 2.54. The van der Waals surface area contributed by atoms with E-state index in [0.717, 1.165) is 38.4 Å². The van der Waals surface area contributed by atoms with Gasteiger partial charge in [0.25, 0.3) is 0 Å². The highest BCUT2D eigenvalue weighted by atomic mass is 16.5. The number of aryl methyl sites for hydroxylation is 1. The van der Waals surface area contributed by atoms with Crippen LogP contribution in [-0.2, 0) is 0 Å². The molecule has 0 aromatic heterocycles. The zero-order valence-corrected chi connectivity index (χ0v) is 11.0. The highest BCUT2D eigenvalue weighted by Gasteiger charge is 1.93. The normalized spacial score (nSPS) is 10.5. The van der Waals surface area contributed by atoms with E-state index in [1.807, 2.05) is 19.2 Å². The molecular formula is C14H24N2O. The predicted octanol–water partition coefficient (Wildman–Crippen LogP) is 1.96. The van der Waals surface area contributed by atoms with Crippen molar-refractivity contribution in [3.63, 3.8) is 0 Å². The maximum Gasteiger partial charge on any atom is 0.119 e. The van der Waals surface area contributed by atoms with E-state index in [2.05, 4.69) is 29.7 Å². The summed E-state index contributed by atoms with van der Waals surface area (Å²) in [6.07, 6.45) is 2.22. The summed E-state index contributed by atoms with van der Waals surface area (Å²) in [6.45, 7) is 6.03. The van der Waals surface area contributed by atoms with E-state index in [1.165, 1.54) is 12.0 Å². The highest BCUT2D eigenvalue weighted by Crippen LogP contribution is 2.12. The Morgan fingerprint density at radius 3 is 2.71 bits per heavy atom. The van der Waals surface area contributed by atoms with E-state index in [-0.39, 0.29) is 0 Å². The van der Waals surface area contributed by atoms with Gasteiger partial charge in [-0.05, 0) is 64.1 Å². The van der Waals surface area contributed by atoms with E-state index in [0.29, 0.717) is 0 Å². The molecule has 0 aliphatic heterocycles. The lowest BCUT2D eigenvalue weighted by Gasteiger charge is -2.07. The van der Waals surface area contributed by atoms with Gasteiger partial charge in [0.05, 0.1) is 6.61 Å². The zero-order chi connectivity index (χ0) is 12.3. The first-order valence-corrected chi connectivity index (χ1v) is 6.37. The van der Waals surface area contributed by atoms with Gasteiger partial charge < -0.3 is 15.4 Å². The second-order valence-corrected chi connectivity index (χ2v) is 4.23. The van der Waals surface area contributed by atoms with Crippen molar-refractivity contribution in [1.29, 1.82) is 0 Å². The van der Waals surface area contributed by atoms with E-state index in [1.54, 1.807) is 0 Å². The van der Waals surface area contributed by atoms with Crippen molar-refractivity contribution in [2.75, 3.05) is 33.3 Å². The van der Waals surface area contributed by atoms with Crippen LogP contribution in [0.5, 0.6) is 5.75 Å². The molecule has 3 nitrogen and oxygen atoms in total. The average Bonchev–Trinajstić information content (AvgIpc) is 2.33. The third-order valence-electron chi connectivity index (χ3n) is 2.54. The summed E-state index contributed by atoms with van der Waals surface area (Å²) in [5, 5.41) is 6.53. The van der Waals surface area contributed by atoms with Crippen molar-refractivity contribution in [2.24, 2.45) is 0 Å². The molecule has 0 unspecified atom stereocenters. The van der Waals surface area contributed by atoms with Crippen LogP contribution in [0.25, 0.3) is 0 Å². The van der Waals surface area contributed by atoms with Crippen molar-refractivity contribution < 1.29 is 4.74 Å². The SMILES string of the molecule is CNCCCNCCCOc1cccc(C)c1. The molecule has 0 saturated heterocycles. The Bertz CT molecular complexity index is 302. The van der Waals surface area contributed by atoms with Crippen molar-refractivity contribution in [3.8, 4) is 5.75 Å². The highest BCUT2D eigenvalue weighted by molar-refractivity contribution is 5.27. The van der Waals surface area contributed by atoms with Crippen LogP contribution < -0.4 is 15.4 Å². The van der Waals surface area contributed by atoms with Gasteiger partial charge in [0.15, 0.2) is 0 Å². The molecule has 0 fully saturated rings. The van der Waals surface area contributed by atoms with Crippen molar-refractivity contribution in [3.05, 3.63) is 29.8 Å². The fourth-order valence-electron chi connectivity index (χ4n) is 1.61. The van der Waals surface area contributed by atoms with Crippen LogP contribution in [0, 0.1) is 6.92 Å². The molecule has 3 heteroatoms. The van der Waals surface area contributed by atoms with Gasteiger partial charge in [-0.1, -0.05) is 12.1 Å². The fourth-order valence-corrected chi connectivity index (χ4v) is 1.61. The van der Waals surface area contributed by atoms with Crippen LogP contribution in [0.15, 0.2) is 24.3 Å². The number of hydrogen-bond donors (Lipinski definition) is 2. The van der Waals surface area contributed by atoms with Crippen LogP contribution in [0.1, 0.15) is 18.4 Å². The smallest absolute Gasteiger partial charge is 0.119 e. The molecule has 0 amide bonds. The fraction of sp³-hybridized carbons (Fsp3) is 0.571. The molecule has 96 valence electrons. The second kappa shape index (κ2) is 9.02. The summed E-state index contributed by atoms with van der Waals surface area (Å²) < 4.78 is 5.66. The lowest BCUT2D eigenvalue weighted by Crippen LogP contribution is -2.21. The Labute approximate surface area is 105 Å². The summed E-state index contributed by atoms with van der Waals surface area (Å²) in [6, 6.07) is 8.19. The molecule has 2 N–H and O–H groups in total. The summed E-state index contributed by atoms with van der Waals surface area (Å²) in [5.41, 5.74) is 1.24. The first kappa shape index (κ1) is 14.0. The zero-order valence-electron chi connectivity index (χ0n) is 11.0. The minimum absolute atomic E-state index is 0.780. The van der Waals surface area contributed by atoms with Crippen LogP contribution >= 0.6 is 0 Å². The number of rotatable bonds is 9. The van der Waals surface area contributed by atoms with Crippen LogP contribution in [-0.4, -0.2) is 33.3 Å². The molecule has 1 aromatic rings. The summed E-state index contributed by atoms with van der Waals surface area (Å²) in [7, 11) is 1.98. The van der Waals surface area contributed by atoms with Gasteiger partial charge >= 0.3 is 0 Å². The Morgan fingerprint density at radius 1 is 1.12 bits per heavy atom. The van der Waals surface area contributed by atoms with Crippen LogP contribution in [0.3, 0.4) is 0 Å². The van der Waals surface area contributed by atoms with Gasteiger partial charge in [0.1, 0.15) is 5.75 Å². The van der Waals surface area contributed by atoms with Crippen molar-refractivity contribution in [1.82, 2.24) is 10.6 Å². The van der Waals surface area contributed by atoms with Gasteiger partial charge in [-0.15, -0.1) is 0 Å². The third kappa shape index (κ3) is 6.97. The minimum atomic E-state index is 0.780. The molecule has 0 aliphatic carbocycles. The lowest BCUT2D eigenvalue weighted by molar-refractivity contribution is 0.308. The van der Waals surface area contributed by atoms with Crippen molar-refractivity contribution >= 4 is 0 Å². The van der Waals surface area contributed by atoms with E-state index in [9.17, 15) is 0 Å². The Balaban J connectivity index is 1.97. The van der Waals surface area contributed by atoms with Crippen LogP contribution in [0.2, 0.25) is 0 Å². The second-order valence-electron chi connectivity index (χ2n) is 4.23. The number of hydrogen-bond acceptors (Lipinski definition) is 3. The predicted molar refractivity (Wildman–Crippen MR) is 72.7 cm³/mol. The topological polar surface area (TPSA) is 33.3 Å². The summed E-state index contributed by atoms with van der Waals surface area (Å²) in [5.74, 6) is 0.972. The van der Waals surface area contributed by atoms with Gasteiger partial charge in [0.2, 0.25) is 0 Å². The largest absolute Gasteiger partial charge is 0.494 e. The molecule has 0 atom stereocenters. The van der Waals surface area contributed by atoms with E-state index >= 15 is 0 Å². The van der Waals surface area contributed by atoms with Gasteiger partial charge in [-0.3, -0.25) is 0 Å². The number of benzene rings is 1.